The first-order chi connectivity index (χ1) is 23.8. The molecule has 2 atom stereocenters. The average molecular weight is 710 g/mol. The summed E-state index contributed by atoms with van der Waals surface area (Å²) in [5.74, 6) is -0.952. The number of pyridine rings is 1. The van der Waals surface area contributed by atoms with Crippen LogP contribution in [0.15, 0.2) is 36.5 Å². The van der Waals surface area contributed by atoms with Gasteiger partial charge in [-0.25, -0.2) is 18.0 Å². The number of alkyl halides is 1. The molecule has 50 heavy (non-hydrogen) atoms. The van der Waals surface area contributed by atoms with Crippen LogP contribution in [0.2, 0.25) is 5.02 Å². The van der Waals surface area contributed by atoms with Crippen LogP contribution in [0.4, 0.5) is 23.8 Å². The maximum Gasteiger partial charge on any atom is 0.410 e. The van der Waals surface area contributed by atoms with Crippen molar-refractivity contribution in [1.82, 2.24) is 24.8 Å². The van der Waals surface area contributed by atoms with Crippen LogP contribution in [-0.2, 0) is 4.74 Å². The molecule has 3 aliphatic heterocycles. The smallest absolute Gasteiger partial charge is 0.410 e. The van der Waals surface area contributed by atoms with Gasteiger partial charge in [-0.05, 0) is 51.6 Å². The van der Waals surface area contributed by atoms with Gasteiger partial charge in [-0.1, -0.05) is 35.9 Å². The topological polar surface area (TPSA) is 108 Å². The summed E-state index contributed by atoms with van der Waals surface area (Å²) in [6, 6.07) is 9.70. The number of carbonyl (C=O) groups is 1. The molecule has 1 amide bonds. The van der Waals surface area contributed by atoms with Crippen molar-refractivity contribution in [1.29, 1.82) is 5.26 Å². The minimum Gasteiger partial charge on any atom is -0.461 e. The number of nitriles is 1. The van der Waals surface area contributed by atoms with Crippen LogP contribution in [0.3, 0.4) is 0 Å². The molecule has 0 radical (unpaired) electrons. The lowest BCUT2D eigenvalue weighted by Gasteiger charge is -2.36. The van der Waals surface area contributed by atoms with Crippen molar-refractivity contribution in [2.75, 3.05) is 50.8 Å². The van der Waals surface area contributed by atoms with E-state index in [0.717, 1.165) is 19.4 Å². The molecule has 0 saturated carbocycles. The number of aromatic nitrogens is 3. The van der Waals surface area contributed by atoms with Crippen LogP contribution in [0.5, 0.6) is 6.01 Å². The first-order valence-corrected chi connectivity index (χ1v) is 17.0. The number of hydrogen-bond acceptors (Lipinski definition) is 9. The summed E-state index contributed by atoms with van der Waals surface area (Å²) < 4.78 is 57.5. The van der Waals surface area contributed by atoms with Gasteiger partial charge in [0, 0.05) is 63.2 Å². The van der Waals surface area contributed by atoms with Gasteiger partial charge in [0.2, 0.25) is 0 Å². The molecule has 3 saturated heterocycles. The molecule has 7 rings (SSSR count). The van der Waals surface area contributed by atoms with E-state index in [9.17, 15) is 13.6 Å². The van der Waals surface area contributed by atoms with E-state index in [4.69, 9.17) is 31.3 Å². The molecule has 3 aliphatic rings. The Morgan fingerprint density at radius 2 is 1.86 bits per heavy atom. The zero-order valence-electron chi connectivity index (χ0n) is 28.5. The SMILES string of the molecule is CC#N.CC(C)(C)OC(=O)N1CCN(c2nc(OCC34CCCN3CC(F)C4)nc3c(F)c(-c4cccc5ccc(F)c(Cl)c45)ncc23)CC1. The van der Waals surface area contributed by atoms with Crippen LogP contribution in [0.25, 0.3) is 32.9 Å². The summed E-state index contributed by atoms with van der Waals surface area (Å²) in [5.41, 5.74) is -0.828. The van der Waals surface area contributed by atoms with Crippen molar-refractivity contribution < 1.29 is 27.4 Å². The largest absolute Gasteiger partial charge is 0.461 e. The second-order valence-electron chi connectivity index (χ2n) is 13.8. The Kier molecular flexibility index (Phi) is 9.97. The van der Waals surface area contributed by atoms with Crippen molar-refractivity contribution in [3.05, 3.63) is 53.2 Å². The number of rotatable bonds is 5. The zero-order valence-corrected chi connectivity index (χ0v) is 29.2. The van der Waals surface area contributed by atoms with Gasteiger partial charge in [0.25, 0.3) is 0 Å². The molecule has 2 aromatic carbocycles. The maximum absolute atomic E-state index is 16.7. The molecule has 0 aliphatic carbocycles. The molecule has 0 spiro atoms. The van der Waals surface area contributed by atoms with Gasteiger partial charge in [-0.15, -0.1) is 0 Å². The summed E-state index contributed by atoms with van der Waals surface area (Å²) >= 11 is 6.39. The fraction of sp³-hybridized carbons (Fsp3) is 0.472. The summed E-state index contributed by atoms with van der Waals surface area (Å²) in [5, 5.41) is 8.52. The number of anilines is 1. The number of hydrogen-bond donors (Lipinski definition) is 0. The predicted octanol–water partition coefficient (Wildman–Crippen LogP) is 7.32. The van der Waals surface area contributed by atoms with E-state index < -0.39 is 35.0 Å². The third-order valence-electron chi connectivity index (χ3n) is 9.30. The molecular formula is C36H39ClF3N7O3. The number of amides is 1. The molecule has 0 bridgehead atoms. The van der Waals surface area contributed by atoms with Crippen LogP contribution >= 0.6 is 11.6 Å². The van der Waals surface area contributed by atoms with E-state index in [1.165, 1.54) is 19.2 Å². The molecule has 264 valence electrons. The fourth-order valence-electron chi connectivity index (χ4n) is 7.10. The summed E-state index contributed by atoms with van der Waals surface area (Å²) in [6.45, 7) is 9.74. The molecule has 10 nitrogen and oxygen atoms in total. The van der Waals surface area contributed by atoms with E-state index >= 15 is 4.39 Å². The number of fused-ring (bicyclic) bond motifs is 3. The van der Waals surface area contributed by atoms with Crippen molar-refractivity contribution in [2.24, 2.45) is 0 Å². The average Bonchev–Trinajstić information content (AvgIpc) is 3.60. The number of carbonyl (C=O) groups excluding carboxylic acids is 1. The lowest BCUT2D eigenvalue weighted by molar-refractivity contribution is 0.0240. The molecule has 4 aromatic rings. The minimum atomic E-state index is -0.934. The van der Waals surface area contributed by atoms with E-state index in [1.54, 1.807) is 35.2 Å². The number of ether oxygens (including phenoxy) is 2. The highest BCUT2D eigenvalue weighted by Gasteiger charge is 2.49. The van der Waals surface area contributed by atoms with Crippen molar-refractivity contribution >= 4 is 45.2 Å². The standard InChI is InChI=1S/C34H36ClF3N6O3.C2H3N/c1-33(2,3)47-32(45)43-14-12-42(13-15-43)30-23-17-39-28(22-7-4-6-20-8-9-24(37)26(35)25(20)22)27(38)29(23)40-31(41-30)46-19-34-10-5-11-44(34)18-21(36)16-34;1-2-3/h4,6-9,17,21H,5,10-16,18-19H2,1-3H3;1H3. The molecule has 3 fully saturated rings. The summed E-state index contributed by atoms with van der Waals surface area (Å²) in [6.07, 6.45) is 2.26. The van der Waals surface area contributed by atoms with E-state index in [1.807, 2.05) is 25.7 Å². The quantitative estimate of drug-likeness (QED) is 0.211. The Hall–Kier alpha value is -4.41. The summed E-state index contributed by atoms with van der Waals surface area (Å²) in [4.78, 5) is 32.2. The Bertz CT molecular complexity index is 1960. The van der Waals surface area contributed by atoms with Gasteiger partial charge < -0.3 is 19.3 Å². The Morgan fingerprint density at radius 3 is 2.58 bits per heavy atom. The second-order valence-corrected chi connectivity index (χ2v) is 14.2. The van der Waals surface area contributed by atoms with Crippen LogP contribution in [0.1, 0.15) is 47.0 Å². The van der Waals surface area contributed by atoms with Gasteiger partial charge in [-0.2, -0.15) is 15.2 Å². The first-order valence-electron chi connectivity index (χ1n) is 16.6. The van der Waals surface area contributed by atoms with E-state index in [-0.39, 0.29) is 28.9 Å². The van der Waals surface area contributed by atoms with Crippen LogP contribution < -0.4 is 9.64 Å². The lowest BCUT2D eigenvalue weighted by atomic mass is 9.95. The summed E-state index contributed by atoms with van der Waals surface area (Å²) in [7, 11) is 0. The molecule has 2 aromatic heterocycles. The van der Waals surface area contributed by atoms with Gasteiger partial charge >= 0.3 is 12.1 Å². The maximum atomic E-state index is 16.7. The highest BCUT2D eigenvalue weighted by molar-refractivity contribution is 6.36. The second kappa shape index (κ2) is 14.1. The molecular weight excluding hydrogens is 671 g/mol. The van der Waals surface area contributed by atoms with Gasteiger partial charge in [0.1, 0.15) is 41.2 Å². The minimum absolute atomic E-state index is 0.0235. The number of nitrogens with zero attached hydrogens (tertiary/aromatic N) is 7. The van der Waals surface area contributed by atoms with Crippen LogP contribution in [0, 0.1) is 23.0 Å². The Balaban J connectivity index is 0.00000139. The van der Waals surface area contributed by atoms with Crippen molar-refractivity contribution in [3.63, 3.8) is 0 Å². The number of halogens is 4. The predicted molar refractivity (Wildman–Crippen MR) is 185 cm³/mol. The van der Waals surface area contributed by atoms with Gasteiger partial charge in [0.05, 0.1) is 22.0 Å². The first kappa shape index (κ1) is 35.4. The number of benzene rings is 2. The fourth-order valence-corrected chi connectivity index (χ4v) is 7.37. The zero-order chi connectivity index (χ0) is 35.8. The van der Waals surface area contributed by atoms with E-state index in [2.05, 4.69) is 14.9 Å². The number of piperazine rings is 1. The third kappa shape index (κ3) is 6.96. The van der Waals surface area contributed by atoms with Crippen LogP contribution in [-0.4, -0.2) is 94.0 Å². The van der Waals surface area contributed by atoms with E-state index in [0.29, 0.717) is 66.7 Å². The monoisotopic (exact) mass is 709 g/mol. The highest BCUT2D eigenvalue weighted by atomic mass is 35.5. The molecule has 5 heterocycles. The Labute approximate surface area is 293 Å². The Morgan fingerprint density at radius 1 is 1.12 bits per heavy atom. The van der Waals surface area contributed by atoms with Crippen molar-refractivity contribution in [3.8, 4) is 23.3 Å². The van der Waals surface area contributed by atoms with Crippen molar-refractivity contribution in [2.45, 2.75) is 64.3 Å². The molecule has 14 heteroatoms. The molecule has 0 N–H and O–H groups in total. The lowest BCUT2D eigenvalue weighted by Crippen LogP contribution is -2.50. The highest BCUT2D eigenvalue weighted by Crippen LogP contribution is 2.41. The van der Waals surface area contributed by atoms with Gasteiger partial charge in [0.15, 0.2) is 5.82 Å². The molecule has 2 unspecified atom stereocenters. The third-order valence-corrected chi connectivity index (χ3v) is 9.67. The normalized spacial score (nSPS) is 20.7. The van der Waals surface area contributed by atoms with Gasteiger partial charge in [-0.3, -0.25) is 9.88 Å².